The van der Waals surface area contributed by atoms with Crippen LogP contribution in [-0.2, 0) is 11.3 Å². The number of carbonyl (C=O) groups excluding carboxylic acids is 1. The highest BCUT2D eigenvalue weighted by Crippen LogP contribution is 2.19. The number of carbonyl (C=O) groups is 1. The summed E-state index contributed by atoms with van der Waals surface area (Å²) >= 11 is 1.81. The third kappa shape index (κ3) is 6.07. The first-order chi connectivity index (χ1) is 8.76. The molecule has 0 fully saturated rings. The highest BCUT2D eigenvalue weighted by Gasteiger charge is 1.99. The van der Waals surface area contributed by atoms with Crippen LogP contribution >= 0.6 is 11.8 Å². The normalized spacial score (nSPS) is 10.3. The Hall–Kier alpha value is -1.00. The van der Waals surface area contributed by atoms with Gasteiger partial charge in [0.15, 0.2) is 0 Å². The molecule has 100 valence electrons. The summed E-state index contributed by atoms with van der Waals surface area (Å²) in [6.45, 7) is 4.03. The minimum atomic E-state index is 0.122. The van der Waals surface area contributed by atoms with Crippen molar-refractivity contribution in [3.8, 4) is 0 Å². The molecule has 0 bridgehead atoms. The summed E-state index contributed by atoms with van der Waals surface area (Å²) in [5.74, 6) is 1.11. The number of rotatable bonds is 8. The van der Waals surface area contributed by atoms with E-state index in [1.165, 1.54) is 10.5 Å². The Morgan fingerprint density at radius 2 is 2.00 bits per heavy atom. The van der Waals surface area contributed by atoms with Crippen LogP contribution < -0.4 is 10.6 Å². The second-order valence-corrected chi connectivity index (χ2v) is 5.22. The molecule has 0 aliphatic rings. The van der Waals surface area contributed by atoms with Crippen LogP contribution in [0.3, 0.4) is 0 Å². The maximum absolute atomic E-state index is 11.0. The maximum Gasteiger partial charge on any atom is 0.219 e. The summed E-state index contributed by atoms with van der Waals surface area (Å²) in [6.07, 6.45) is 1.53. The van der Waals surface area contributed by atoms with Gasteiger partial charge in [-0.3, -0.25) is 4.79 Å². The third-order valence-corrected chi connectivity index (χ3v) is 3.70. The molecule has 1 aromatic rings. The maximum atomic E-state index is 11.0. The van der Waals surface area contributed by atoms with E-state index in [0.29, 0.717) is 6.42 Å². The van der Waals surface area contributed by atoms with Crippen molar-refractivity contribution in [1.82, 2.24) is 10.6 Å². The molecule has 1 aromatic carbocycles. The van der Waals surface area contributed by atoms with E-state index in [4.69, 9.17) is 0 Å². The molecule has 2 N–H and O–H groups in total. The quantitative estimate of drug-likeness (QED) is 0.561. The molecular weight excluding hydrogens is 244 g/mol. The van der Waals surface area contributed by atoms with E-state index >= 15 is 0 Å². The van der Waals surface area contributed by atoms with Crippen LogP contribution in [0.4, 0.5) is 0 Å². The molecule has 0 saturated heterocycles. The fourth-order valence-corrected chi connectivity index (χ4v) is 2.37. The molecule has 3 nitrogen and oxygen atoms in total. The van der Waals surface area contributed by atoms with Gasteiger partial charge in [0.1, 0.15) is 0 Å². The number of hydrogen-bond acceptors (Lipinski definition) is 3. The molecule has 0 aliphatic heterocycles. The van der Waals surface area contributed by atoms with Crippen molar-refractivity contribution in [3.05, 3.63) is 29.8 Å². The van der Waals surface area contributed by atoms with Crippen LogP contribution in [0.2, 0.25) is 0 Å². The smallest absolute Gasteiger partial charge is 0.219 e. The van der Waals surface area contributed by atoms with Crippen molar-refractivity contribution in [2.45, 2.75) is 31.2 Å². The minimum absolute atomic E-state index is 0.122. The van der Waals surface area contributed by atoms with Crippen LogP contribution in [0, 0.1) is 0 Å². The van der Waals surface area contributed by atoms with E-state index in [-0.39, 0.29) is 5.91 Å². The molecule has 0 aromatic heterocycles. The second kappa shape index (κ2) is 9.00. The number of hydrogen-bond donors (Lipinski definition) is 2. The van der Waals surface area contributed by atoms with Crippen molar-refractivity contribution in [3.63, 3.8) is 0 Å². The van der Waals surface area contributed by atoms with E-state index in [1.807, 2.05) is 0 Å². The van der Waals surface area contributed by atoms with Crippen molar-refractivity contribution < 1.29 is 4.79 Å². The zero-order valence-corrected chi connectivity index (χ0v) is 12.0. The van der Waals surface area contributed by atoms with Crippen LogP contribution in [-0.4, -0.2) is 25.3 Å². The van der Waals surface area contributed by atoms with Crippen LogP contribution in [0.15, 0.2) is 29.2 Å². The number of benzene rings is 1. The van der Waals surface area contributed by atoms with Gasteiger partial charge in [-0.15, -0.1) is 11.8 Å². The van der Waals surface area contributed by atoms with Crippen molar-refractivity contribution in [2.75, 3.05) is 19.3 Å². The van der Waals surface area contributed by atoms with Gasteiger partial charge in [-0.2, -0.15) is 0 Å². The Kier molecular flexibility index (Phi) is 7.53. The predicted octanol–water partition coefficient (Wildman–Crippen LogP) is 2.41. The van der Waals surface area contributed by atoms with Crippen LogP contribution in [0.1, 0.15) is 25.3 Å². The highest BCUT2D eigenvalue weighted by molar-refractivity contribution is 7.99. The van der Waals surface area contributed by atoms with E-state index in [0.717, 1.165) is 25.3 Å². The molecule has 0 saturated carbocycles. The number of thioether (sulfide) groups is 1. The van der Waals surface area contributed by atoms with Gasteiger partial charge in [-0.05, 0) is 36.4 Å². The van der Waals surface area contributed by atoms with Crippen molar-refractivity contribution >= 4 is 17.7 Å². The average molecular weight is 266 g/mol. The minimum Gasteiger partial charge on any atom is -0.359 e. The monoisotopic (exact) mass is 266 g/mol. The average Bonchev–Trinajstić information content (AvgIpc) is 2.42. The molecule has 0 radical (unpaired) electrons. The van der Waals surface area contributed by atoms with Gasteiger partial charge in [0.05, 0.1) is 0 Å². The van der Waals surface area contributed by atoms with E-state index in [1.54, 1.807) is 18.8 Å². The van der Waals surface area contributed by atoms with E-state index in [9.17, 15) is 4.79 Å². The largest absolute Gasteiger partial charge is 0.359 e. The fraction of sp³-hybridized carbons (Fsp3) is 0.500. The fourth-order valence-electron chi connectivity index (χ4n) is 1.52. The first-order valence-electron chi connectivity index (χ1n) is 6.39. The summed E-state index contributed by atoms with van der Waals surface area (Å²) < 4.78 is 0. The molecule has 0 heterocycles. The van der Waals surface area contributed by atoms with Gasteiger partial charge in [0.2, 0.25) is 5.91 Å². The summed E-state index contributed by atoms with van der Waals surface area (Å²) in [7, 11) is 1.68. The standard InChI is InChI=1S/C14H22N2OS/c1-3-16-11-12-6-8-13(9-7-12)18-10-4-5-14(17)15-2/h6-9,16H,3-5,10-11H2,1-2H3,(H,15,17). The van der Waals surface area contributed by atoms with Crippen LogP contribution in [0.25, 0.3) is 0 Å². The Balaban J connectivity index is 2.24. The van der Waals surface area contributed by atoms with Gasteiger partial charge >= 0.3 is 0 Å². The molecule has 0 unspecified atom stereocenters. The van der Waals surface area contributed by atoms with Gasteiger partial charge < -0.3 is 10.6 Å². The van der Waals surface area contributed by atoms with Crippen LogP contribution in [0.5, 0.6) is 0 Å². The van der Waals surface area contributed by atoms with Crippen molar-refractivity contribution in [2.24, 2.45) is 0 Å². The summed E-state index contributed by atoms with van der Waals surface area (Å²) in [5, 5.41) is 5.94. The van der Waals surface area contributed by atoms with E-state index < -0.39 is 0 Å². The number of nitrogens with one attached hydrogen (secondary N) is 2. The topological polar surface area (TPSA) is 41.1 Å². The highest BCUT2D eigenvalue weighted by atomic mass is 32.2. The summed E-state index contributed by atoms with van der Waals surface area (Å²) in [6, 6.07) is 8.61. The lowest BCUT2D eigenvalue weighted by molar-refractivity contribution is -0.120. The van der Waals surface area contributed by atoms with Gasteiger partial charge in [-0.25, -0.2) is 0 Å². The Morgan fingerprint density at radius 1 is 1.28 bits per heavy atom. The lowest BCUT2D eigenvalue weighted by Crippen LogP contribution is -2.17. The first kappa shape index (κ1) is 15.1. The van der Waals surface area contributed by atoms with Crippen molar-refractivity contribution in [1.29, 1.82) is 0 Å². The SMILES string of the molecule is CCNCc1ccc(SCCCC(=O)NC)cc1. The summed E-state index contributed by atoms with van der Waals surface area (Å²) in [4.78, 5) is 12.3. The van der Waals surface area contributed by atoms with Gasteiger partial charge in [0.25, 0.3) is 0 Å². The lowest BCUT2D eigenvalue weighted by atomic mass is 10.2. The van der Waals surface area contributed by atoms with E-state index in [2.05, 4.69) is 41.8 Å². The Bertz CT molecular complexity index is 351. The molecule has 18 heavy (non-hydrogen) atoms. The molecule has 4 heteroatoms. The molecule has 1 rings (SSSR count). The lowest BCUT2D eigenvalue weighted by Gasteiger charge is -2.04. The predicted molar refractivity (Wildman–Crippen MR) is 77.8 cm³/mol. The van der Waals surface area contributed by atoms with Gasteiger partial charge in [0, 0.05) is 24.9 Å². The Labute approximate surface area is 114 Å². The zero-order valence-electron chi connectivity index (χ0n) is 11.2. The summed E-state index contributed by atoms with van der Waals surface area (Å²) in [5.41, 5.74) is 1.31. The second-order valence-electron chi connectivity index (χ2n) is 4.05. The molecule has 0 atom stereocenters. The first-order valence-corrected chi connectivity index (χ1v) is 7.38. The molecule has 0 aliphatic carbocycles. The number of amides is 1. The van der Waals surface area contributed by atoms with Gasteiger partial charge in [-0.1, -0.05) is 19.1 Å². The molecular formula is C14H22N2OS. The molecule has 1 amide bonds. The third-order valence-electron chi connectivity index (χ3n) is 2.60. The zero-order chi connectivity index (χ0) is 13.2. The molecule has 0 spiro atoms. The Morgan fingerprint density at radius 3 is 2.61 bits per heavy atom.